The van der Waals surface area contributed by atoms with Crippen molar-refractivity contribution in [3.63, 3.8) is 0 Å². The lowest BCUT2D eigenvalue weighted by atomic mass is 10.0. The molecule has 0 heterocycles. The number of hydrogen-bond donors (Lipinski definition) is 0. The number of ether oxygens (including phenoxy) is 2. The summed E-state index contributed by atoms with van der Waals surface area (Å²) in [6.07, 6.45) is 9.29. The summed E-state index contributed by atoms with van der Waals surface area (Å²) in [6, 6.07) is 0. The van der Waals surface area contributed by atoms with Crippen LogP contribution in [0.1, 0.15) is 39.5 Å². The molecule has 0 aromatic rings. The minimum absolute atomic E-state index is 0.343. The molecule has 0 saturated carbocycles. The van der Waals surface area contributed by atoms with Gasteiger partial charge in [-0.3, -0.25) is 0 Å². The van der Waals surface area contributed by atoms with Crippen LogP contribution in [0.2, 0.25) is 0 Å². The van der Waals surface area contributed by atoms with Crippen molar-refractivity contribution in [1.82, 2.24) is 0 Å². The maximum Gasteiger partial charge on any atom is 0.0787 e. The van der Waals surface area contributed by atoms with Gasteiger partial charge in [-0.2, -0.15) is 0 Å². The van der Waals surface area contributed by atoms with E-state index in [0.717, 1.165) is 45.5 Å². The first-order valence-electron chi connectivity index (χ1n) is 6.24. The van der Waals surface area contributed by atoms with Crippen molar-refractivity contribution in [2.24, 2.45) is 5.92 Å². The normalized spacial score (nSPS) is 24.9. The minimum atomic E-state index is 0.343. The van der Waals surface area contributed by atoms with Gasteiger partial charge in [0, 0.05) is 19.8 Å². The van der Waals surface area contributed by atoms with Crippen LogP contribution >= 0.6 is 0 Å². The highest BCUT2D eigenvalue weighted by atomic mass is 16.5. The van der Waals surface area contributed by atoms with Gasteiger partial charge >= 0.3 is 0 Å². The van der Waals surface area contributed by atoms with Crippen LogP contribution in [-0.2, 0) is 9.47 Å². The molecule has 2 heteroatoms. The first kappa shape index (κ1) is 12.7. The molecular formula is C13H24O2. The zero-order valence-corrected chi connectivity index (χ0v) is 10.1. The Morgan fingerprint density at radius 3 is 2.67 bits per heavy atom. The molecule has 0 amide bonds. The van der Waals surface area contributed by atoms with Gasteiger partial charge in [0.1, 0.15) is 0 Å². The molecule has 1 aliphatic carbocycles. The second kappa shape index (κ2) is 7.89. The van der Waals surface area contributed by atoms with Gasteiger partial charge in [0.05, 0.1) is 6.10 Å². The van der Waals surface area contributed by atoms with Gasteiger partial charge in [-0.25, -0.2) is 0 Å². The van der Waals surface area contributed by atoms with Crippen molar-refractivity contribution in [3.05, 3.63) is 12.2 Å². The summed E-state index contributed by atoms with van der Waals surface area (Å²) >= 11 is 0. The summed E-state index contributed by atoms with van der Waals surface area (Å²) in [5.74, 6) is 0.647. The molecule has 0 aromatic carbocycles. The monoisotopic (exact) mass is 212 g/mol. The molecule has 0 N–H and O–H groups in total. The Bertz CT molecular complexity index is 177. The van der Waals surface area contributed by atoms with E-state index in [1.807, 2.05) is 0 Å². The van der Waals surface area contributed by atoms with Gasteiger partial charge in [0.25, 0.3) is 0 Å². The summed E-state index contributed by atoms with van der Waals surface area (Å²) < 4.78 is 11.3. The van der Waals surface area contributed by atoms with Gasteiger partial charge in [0.15, 0.2) is 0 Å². The highest BCUT2D eigenvalue weighted by Crippen LogP contribution is 2.25. The Morgan fingerprint density at radius 1 is 1.13 bits per heavy atom. The predicted molar refractivity (Wildman–Crippen MR) is 63.0 cm³/mol. The van der Waals surface area contributed by atoms with Gasteiger partial charge in [-0.1, -0.05) is 26.0 Å². The average molecular weight is 212 g/mol. The summed E-state index contributed by atoms with van der Waals surface area (Å²) in [4.78, 5) is 0. The van der Waals surface area contributed by atoms with Gasteiger partial charge in [0.2, 0.25) is 0 Å². The molecule has 0 unspecified atom stereocenters. The zero-order valence-electron chi connectivity index (χ0n) is 10.1. The Kier molecular flexibility index (Phi) is 6.69. The minimum Gasteiger partial charge on any atom is -0.381 e. The standard InChI is InChI=1S/C13H24O2/c1-3-9-14-11-8-12-6-5-7-13(12)15-10-4-2/h5,7,12-13H,3-4,6,8-11H2,1-2H3/t12-,13-/m0/s1. The Labute approximate surface area is 93.7 Å². The van der Waals surface area contributed by atoms with E-state index < -0.39 is 0 Å². The molecule has 1 rings (SSSR count). The maximum atomic E-state index is 5.78. The smallest absolute Gasteiger partial charge is 0.0787 e. The van der Waals surface area contributed by atoms with Crippen LogP contribution in [0.4, 0.5) is 0 Å². The largest absolute Gasteiger partial charge is 0.381 e. The van der Waals surface area contributed by atoms with E-state index in [2.05, 4.69) is 26.0 Å². The fraction of sp³-hybridized carbons (Fsp3) is 0.846. The number of rotatable bonds is 8. The molecule has 0 fully saturated rings. The van der Waals surface area contributed by atoms with Crippen molar-refractivity contribution in [2.75, 3.05) is 19.8 Å². The molecule has 1 aliphatic rings. The molecule has 0 radical (unpaired) electrons. The van der Waals surface area contributed by atoms with Gasteiger partial charge in [-0.15, -0.1) is 0 Å². The van der Waals surface area contributed by atoms with Crippen molar-refractivity contribution >= 4 is 0 Å². The highest BCUT2D eigenvalue weighted by molar-refractivity contribution is 5.02. The fourth-order valence-electron chi connectivity index (χ4n) is 1.89. The molecule has 0 spiro atoms. The average Bonchev–Trinajstić information content (AvgIpc) is 2.69. The second-order valence-electron chi connectivity index (χ2n) is 4.16. The molecule has 2 atom stereocenters. The van der Waals surface area contributed by atoms with Gasteiger partial charge in [-0.05, 0) is 31.6 Å². The highest BCUT2D eigenvalue weighted by Gasteiger charge is 2.22. The molecule has 0 aliphatic heterocycles. The molecule has 88 valence electrons. The van der Waals surface area contributed by atoms with Gasteiger partial charge < -0.3 is 9.47 Å². The molecule has 0 bridgehead atoms. The molecule has 0 saturated heterocycles. The SMILES string of the molecule is CCCOCC[C@@H]1CC=C[C@@H]1OCCC. The topological polar surface area (TPSA) is 18.5 Å². The number of hydrogen-bond acceptors (Lipinski definition) is 2. The van der Waals surface area contributed by atoms with E-state index in [0.29, 0.717) is 12.0 Å². The van der Waals surface area contributed by atoms with E-state index in [9.17, 15) is 0 Å². The maximum absolute atomic E-state index is 5.78. The van der Waals surface area contributed by atoms with Crippen LogP contribution in [0.5, 0.6) is 0 Å². The van der Waals surface area contributed by atoms with E-state index in [4.69, 9.17) is 9.47 Å². The van der Waals surface area contributed by atoms with Crippen LogP contribution < -0.4 is 0 Å². The van der Waals surface area contributed by atoms with Crippen LogP contribution in [-0.4, -0.2) is 25.9 Å². The fourth-order valence-corrected chi connectivity index (χ4v) is 1.89. The van der Waals surface area contributed by atoms with Crippen molar-refractivity contribution in [1.29, 1.82) is 0 Å². The second-order valence-corrected chi connectivity index (χ2v) is 4.16. The van der Waals surface area contributed by atoms with Crippen molar-refractivity contribution in [3.8, 4) is 0 Å². The summed E-state index contributed by atoms with van der Waals surface area (Å²) in [5.41, 5.74) is 0. The molecule has 0 aromatic heterocycles. The quantitative estimate of drug-likeness (QED) is 0.454. The van der Waals surface area contributed by atoms with Crippen molar-refractivity contribution in [2.45, 2.75) is 45.6 Å². The lowest BCUT2D eigenvalue weighted by Gasteiger charge is -2.19. The summed E-state index contributed by atoms with van der Waals surface area (Å²) in [6.45, 7) is 6.94. The van der Waals surface area contributed by atoms with E-state index in [1.165, 1.54) is 0 Å². The Hall–Kier alpha value is -0.340. The first-order chi connectivity index (χ1) is 7.38. The number of allylic oxidation sites excluding steroid dienone is 1. The van der Waals surface area contributed by atoms with E-state index >= 15 is 0 Å². The first-order valence-corrected chi connectivity index (χ1v) is 6.24. The van der Waals surface area contributed by atoms with Crippen LogP contribution in [0, 0.1) is 5.92 Å². The zero-order chi connectivity index (χ0) is 10.9. The van der Waals surface area contributed by atoms with Crippen LogP contribution in [0.15, 0.2) is 12.2 Å². The van der Waals surface area contributed by atoms with Crippen LogP contribution in [0.25, 0.3) is 0 Å². The summed E-state index contributed by atoms with van der Waals surface area (Å²) in [7, 11) is 0. The molecular weight excluding hydrogens is 188 g/mol. The van der Waals surface area contributed by atoms with E-state index in [-0.39, 0.29) is 0 Å². The third-order valence-corrected chi connectivity index (χ3v) is 2.73. The third-order valence-electron chi connectivity index (χ3n) is 2.73. The Balaban J connectivity index is 2.11. The van der Waals surface area contributed by atoms with Crippen LogP contribution in [0.3, 0.4) is 0 Å². The van der Waals surface area contributed by atoms with Crippen molar-refractivity contribution < 1.29 is 9.47 Å². The lowest BCUT2D eigenvalue weighted by molar-refractivity contribution is 0.0352. The molecule has 15 heavy (non-hydrogen) atoms. The predicted octanol–water partition coefficient (Wildman–Crippen LogP) is 3.17. The summed E-state index contributed by atoms with van der Waals surface area (Å²) in [5, 5.41) is 0. The Morgan fingerprint density at radius 2 is 1.93 bits per heavy atom. The lowest BCUT2D eigenvalue weighted by Crippen LogP contribution is -2.20. The molecule has 2 nitrogen and oxygen atoms in total. The third kappa shape index (κ3) is 4.80. The van der Waals surface area contributed by atoms with E-state index in [1.54, 1.807) is 0 Å².